The van der Waals surface area contributed by atoms with Gasteiger partial charge >= 0.3 is 5.63 Å². The fourth-order valence-electron chi connectivity index (χ4n) is 2.78. The normalized spacial score (nSPS) is 19.1. The van der Waals surface area contributed by atoms with E-state index < -0.39 is 0 Å². The Kier molecular flexibility index (Phi) is 2.98. The van der Waals surface area contributed by atoms with Crippen LogP contribution in [0, 0.1) is 0 Å². The average molecular weight is 282 g/mol. The maximum atomic E-state index is 12.2. The first-order valence-electron chi connectivity index (χ1n) is 6.98. The number of ether oxygens (including phenoxy) is 2. The van der Waals surface area contributed by atoms with Crippen molar-refractivity contribution in [1.82, 2.24) is 0 Å². The average Bonchev–Trinajstić information content (AvgIpc) is 2.55. The van der Waals surface area contributed by atoms with Crippen molar-refractivity contribution >= 4 is 21.7 Å². The predicted octanol–water partition coefficient (Wildman–Crippen LogP) is 3.03. The maximum Gasteiger partial charge on any atom is 0.342 e. The van der Waals surface area contributed by atoms with Crippen LogP contribution in [-0.2, 0) is 9.47 Å². The number of hydrogen-bond acceptors (Lipinski definition) is 4. The van der Waals surface area contributed by atoms with E-state index in [4.69, 9.17) is 13.9 Å². The molecule has 1 aromatic heterocycles. The minimum atomic E-state index is -0.353. The lowest BCUT2D eigenvalue weighted by molar-refractivity contribution is -0.0911. The molecule has 0 N–H and O–H groups in total. The van der Waals surface area contributed by atoms with Crippen LogP contribution in [0.5, 0.6) is 0 Å². The van der Waals surface area contributed by atoms with E-state index in [0.29, 0.717) is 31.0 Å². The quantitative estimate of drug-likeness (QED) is 0.508. The third kappa shape index (κ3) is 2.13. The number of fused-ring (bicyclic) bond motifs is 3. The van der Waals surface area contributed by atoms with Crippen LogP contribution in [-0.4, -0.2) is 19.8 Å². The van der Waals surface area contributed by atoms with E-state index in [9.17, 15) is 4.79 Å². The van der Waals surface area contributed by atoms with Crippen molar-refractivity contribution in [3.05, 3.63) is 58.4 Å². The summed E-state index contributed by atoms with van der Waals surface area (Å²) in [7, 11) is 0. The summed E-state index contributed by atoms with van der Waals surface area (Å²) in [5.74, 6) is 0. The van der Waals surface area contributed by atoms with Crippen molar-refractivity contribution in [2.24, 2.45) is 0 Å². The van der Waals surface area contributed by atoms with Gasteiger partial charge in [0.25, 0.3) is 0 Å². The highest BCUT2D eigenvalue weighted by atomic mass is 16.6. The van der Waals surface area contributed by atoms with E-state index in [1.54, 1.807) is 0 Å². The smallest absolute Gasteiger partial charge is 0.342 e. The van der Waals surface area contributed by atoms with Gasteiger partial charge in [-0.15, -0.1) is 0 Å². The van der Waals surface area contributed by atoms with Crippen molar-refractivity contribution < 1.29 is 13.9 Å². The van der Waals surface area contributed by atoms with Crippen molar-refractivity contribution in [2.45, 2.75) is 6.10 Å². The molecule has 0 amide bonds. The summed E-state index contributed by atoms with van der Waals surface area (Å²) in [6, 6.07) is 13.7. The van der Waals surface area contributed by atoms with Crippen LogP contribution in [0.1, 0.15) is 11.7 Å². The third-order valence-corrected chi connectivity index (χ3v) is 3.83. The highest BCUT2D eigenvalue weighted by molar-refractivity contribution is 6.05. The van der Waals surface area contributed by atoms with E-state index in [2.05, 4.69) is 0 Å². The Morgan fingerprint density at radius 2 is 1.90 bits per heavy atom. The van der Waals surface area contributed by atoms with Gasteiger partial charge in [0, 0.05) is 5.39 Å². The Morgan fingerprint density at radius 1 is 1.00 bits per heavy atom. The van der Waals surface area contributed by atoms with E-state index in [1.165, 1.54) is 0 Å². The molecule has 1 aliphatic rings. The molecule has 21 heavy (non-hydrogen) atoms. The lowest BCUT2D eigenvalue weighted by Crippen LogP contribution is -2.26. The molecule has 3 aromatic rings. The first-order valence-corrected chi connectivity index (χ1v) is 6.98. The maximum absolute atomic E-state index is 12.2. The molecule has 2 heterocycles. The molecule has 0 aliphatic carbocycles. The molecule has 2 aromatic carbocycles. The molecule has 1 saturated heterocycles. The lowest BCUT2D eigenvalue weighted by Gasteiger charge is -2.22. The van der Waals surface area contributed by atoms with Crippen LogP contribution in [0.2, 0.25) is 0 Å². The van der Waals surface area contributed by atoms with E-state index in [1.807, 2.05) is 42.5 Å². The summed E-state index contributed by atoms with van der Waals surface area (Å²) in [6.45, 7) is 1.46. The summed E-state index contributed by atoms with van der Waals surface area (Å²) in [5, 5.41) is 3.11. The largest absolute Gasteiger partial charge is 0.422 e. The molecule has 1 atom stereocenters. The van der Waals surface area contributed by atoms with Gasteiger partial charge in [-0.05, 0) is 22.9 Å². The molecule has 4 nitrogen and oxygen atoms in total. The molecule has 1 unspecified atom stereocenters. The summed E-state index contributed by atoms with van der Waals surface area (Å²) >= 11 is 0. The fourth-order valence-corrected chi connectivity index (χ4v) is 2.78. The minimum absolute atomic E-state index is 0.349. The summed E-state index contributed by atoms with van der Waals surface area (Å²) in [5.41, 5.74) is 0.769. The van der Waals surface area contributed by atoms with E-state index in [-0.39, 0.29) is 11.7 Å². The molecular formula is C17H14O4. The van der Waals surface area contributed by atoms with Crippen molar-refractivity contribution in [3.63, 3.8) is 0 Å². The molecule has 1 fully saturated rings. The first-order chi connectivity index (χ1) is 10.3. The Labute approximate surface area is 120 Å². The highest BCUT2D eigenvalue weighted by Gasteiger charge is 2.21. The predicted molar refractivity (Wildman–Crippen MR) is 79.5 cm³/mol. The highest BCUT2D eigenvalue weighted by Crippen LogP contribution is 2.27. The number of benzene rings is 2. The van der Waals surface area contributed by atoms with E-state index in [0.717, 1.165) is 16.2 Å². The second-order valence-corrected chi connectivity index (χ2v) is 5.12. The molecule has 106 valence electrons. The van der Waals surface area contributed by atoms with Gasteiger partial charge < -0.3 is 13.9 Å². The van der Waals surface area contributed by atoms with Crippen LogP contribution in [0.15, 0.2) is 51.7 Å². The monoisotopic (exact) mass is 282 g/mol. The van der Waals surface area contributed by atoms with Gasteiger partial charge in [-0.1, -0.05) is 30.3 Å². The first kappa shape index (κ1) is 12.6. The van der Waals surface area contributed by atoms with Crippen LogP contribution < -0.4 is 5.63 Å². The molecule has 0 radical (unpaired) electrons. The molecular weight excluding hydrogens is 268 g/mol. The lowest BCUT2D eigenvalue weighted by atomic mass is 10.0. The summed E-state index contributed by atoms with van der Waals surface area (Å²) in [6.07, 6.45) is -0.349. The Balaban J connectivity index is 1.97. The van der Waals surface area contributed by atoms with Gasteiger partial charge in [-0.25, -0.2) is 4.79 Å². The zero-order valence-electron chi connectivity index (χ0n) is 11.4. The van der Waals surface area contributed by atoms with Crippen LogP contribution in [0.25, 0.3) is 21.7 Å². The molecule has 0 bridgehead atoms. The van der Waals surface area contributed by atoms with Crippen molar-refractivity contribution in [1.29, 1.82) is 0 Å². The van der Waals surface area contributed by atoms with Crippen LogP contribution in [0.4, 0.5) is 0 Å². The van der Waals surface area contributed by atoms with E-state index >= 15 is 0 Å². The van der Waals surface area contributed by atoms with Gasteiger partial charge in [0.15, 0.2) is 0 Å². The summed E-state index contributed by atoms with van der Waals surface area (Å²) in [4.78, 5) is 12.2. The second kappa shape index (κ2) is 4.98. The van der Waals surface area contributed by atoms with Gasteiger partial charge in [0.1, 0.15) is 11.7 Å². The standard InChI is InChI=1S/C17H14O4/c18-17-14(16-10-19-7-8-20-16)9-13-12-4-2-1-3-11(12)5-6-15(13)21-17/h1-6,9,16H,7-8,10H2. The molecule has 0 saturated carbocycles. The number of rotatable bonds is 1. The Bertz CT molecular complexity index is 859. The molecule has 0 spiro atoms. The molecule has 1 aliphatic heterocycles. The SMILES string of the molecule is O=c1oc2ccc3ccccc3c2cc1C1COCCO1. The Hall–Kier alpha value is -2.17. The van der Waals surface area contributed by atoms with Gasteiger partial charge in [0.2, 0.25) is 0 Å². The van der Waals surface area contributed by atoms with Gasteiger partial charge in [0.05, 0.1) is 25.4 Å². The van der Waals surface area contributed by atoms with Gasteiger partial charge in [-0.2, -0.15) is 0 Å². The Morgan fingerprint density at radius 3 is 2.76 bits per heavy atom. The summed E-state index contributed by atoms with van der Waals surface area (Å²) < 4.78 is 16.5. The van der Waals surface area contributed by atoms with Crippen molar-refractivity contribution in [3.8, 4) is 0 Å². The molecule has 4 heteroatoms. The minimum Gasteiger partial charge on any atom is -0.422 e. The van der Waals surface area contributed by atoms with Crippen LogP contribution >= 0.6 is 0 Å². The van der Waals surface area contributed by atoms with Gasteiger partial charge in [-0.3, -0.25) is 0 Å². The zero-order chi connectivity index (χ0) is 14.2. The third-order valence-electron chi connectivity index (χ3n) is 3.83. The fraction of sp³-hybridized carbons (Fsp3) is 0.235. The van der Waals surface area contributed by atoms with Crippen molar-refractivity contribution in [2.75, 3.05) is 19.8 Å². The zero-order valence-corrected chi connectivity index (χ0v) is 11.4. The van der Waals surface area contributed by atoms with Crippen LogP contribution in [0.3, 0.4) is 0 Å². The molecule has 4 rings (SSSR count). The number of hydrogen-bond donors (Lipinski definition) is 0. The second-order valence-electron chi connectivity index (χ2n) is 5.12. The topological polar surface area (TPSA) is 48.7 Å².